The predicted molar refractivity (Wildman–Crippen MR) is 70.9 cm³/mol. The minimum Gasteiger partial charge on any atom is -0.497 e. The number of hydrogen-bond acceptors (Lipinski definition) is 2. The number of nitrogens with zero attached hydrogens (tertiary/aromatic N) is 1. The topological polar surface area (TPSA) is 29.5 Å². The number of rotatable bonds is 2. The van der Waals surface area contributed by atoms with E-state index in [4.69, 9.17) is 4.74 Å². The lowest BCUT2D eigenvalue weighted by Crippen LogP contribution is -2.36. The Morgan fingerprint density at radius 2 is 2.22 bits per heavy atom. The van der Waals surface area contributed by atoms with Gasteiger partial charge in [-0.25, -0.2) is 0 Å². The van der Waals surface area contributed by atoms with Gasteiger partial charge in [-0.05, 0) is 48.9 Å². The fourth-order valence-corrected chi connectivity index (χ4v) is 2.80. The quantitative estimate of drug-likeness (QED) is 0.801. The predicted octanol–water partition coefficient (Wildman–Crippen LogP) is 2.63. The van der Waals surface area contributed by atoms with Gasteiger partial charge in [-0.3, -0.25) is 4.79 Å². The van der Waals surface area contributed by atoms with Gasteiger partial charge in [0.25, 0.3) is 0 Å². The molecule has 1 fully saturated rings. The summed E-state index contributed by atoms with van der Waals surface area (Å²) in [5.41, 5.74) is 2.33. The van der Waals surface area contributed by atoms with Crippen LogP contribution in [0.4, 0.5) is 5.69 Å². The van der Waals surface area contributed by atoms with Crippen molar-refractivity contribution >= 4 is 11.6 Å². The van der Waals surface area contributed by atoms with E-state index in [9.17, 15) is 4.79 Å². The van der Waals surface area contributed by atoms with E-state index in [1.54, 1.807) is 7.11 Å². The minimum absolute atomic E-state index is 0.262. The summed E-state index contributed by atoms with van der Waals surface area (Å²) in [6.45, 7) is 3.02. The van der Waals surface area contributed by atoms with Crippen LogP contribution in [0, 0.1) is 11.8 Å². The van der Waals surface area contributed by atoms with Crippen LogP contribution in [0.5, 0.6) is 5.75 Å². The zero-order valence-electron chi connectivity index (χ0n) is 11.0. The monoisotopic (exact) mass is 245 g/mol. The van der Waals surface area contributed by atoms with Gasteiger partial charge in [0.2, 0.25) is 5.91 Å². The Morgan fingerprint density at radius 1 is 1.44 bits per heavy atom. The summed E-state index contributed by atoms with van der Waals surface area (Å²) in [5, 5.41) is 0. The average molecular weight is 245 g/mol. The Balaban J connectivity index is 1.89. The van der Waals surface area contributed by atoms with Gasteiger partial charge < -0.3 is 9.64 Å². The summed E-state index contributed by atoms with van der Waals surface area (Å²) in [6, 6.07) is 6.03. The van der Waals surface area contributed by atoms with Gasteiger partial charge >= 0.3 is 0 Å². The third-order valence-corrected chi connectivity index (χ3v) is 4.10. The lowest BCUT2D eigenvalue weighted by molar-refractivity contribution is -0.120. The maximum Gasteiger partial charge on any atom is 0.230 e. The molecule has 96 valence electrons. The highest BCUT2D eigenvalue weighted by Crippen LogP contribution is 2.41. The van der Waals surface area contributed by atoms with E-state index in [0.29, 0.717) is 11.8 Å². The number of amides is 1. The average Bonchev–Trinajstić information content (AvgIpc) is 3.13. The van der Waals surface area contributed by atoms with Gasteiger partial charge in [0.05, 0.1) is 7.11 Å². The van der Waals surface area contributed by atoms with Crippen LogP contribution in [0.3, 0.4) is 0 Å². The zero-order valence-corrected chi connectivity index (χ0v) is 11.0. The van der Waals surface area contributed by atoms with Gasteiger partial charge in [-0.2, -0.15) is 0 Å². The molecule has 0 bridgehead atoms. The van der Waals surface area contributed by atoms with Crippen molar-refractivity contribution in [3.63, 3.8) is 0 Å². The SMILES string of the molecule is COc1ccc2c(c1)CCCN2C(=O)C1CC1C. The second-order valence-electron chi connectivity index (χ2n) is 5.41. The van der Waals surface area contributed by atoms with Gasteiger partial charge in [-0.1, -0.05) is 6.92 Å². The fraction of sp³-hybridized carbons (Fsp3) is 0.533. The summed E-state index contributed by atoms with van der Waals surface area (Å²) in [6.07, 6.45) is 3.14. The molecule has 0 saturated heterocycles. The zero-order chi connectivity index (χ0) is 12.7. The molecule has 1 aliphatic heterocycles. The van der Waals surface area contributed by atoms with Gasteiger partial charge in [-0.15, -0.1) is 0 Å². The third-order valence-electron chi connectivity index (χ3n) is 4.10. The normalized spacial score (nSPS) is 25.6. The summed E-state index contributed by atoms with van der Waals surface area (Å²) >= 11 is 0. The van der Waals surface area contributed by atoms with Crippen LogP contribution in [-0.4, -0.2) is 19.6 Å². The molecule has 18 heavy (non-hydrogen) atoms. The number of fused-ring (bicyclic) bond motifs is 1. The molecule has 0 radical (unpaired) electrons. The van der Waals surface area contributed by atoms with Crippen LogP contribution < -0.4 is 9.64 Å². The highest BCUT2D eigenvalue weighted by atomic mass is 16.5. The van der Waals surface area contributed by atoms with E-state index in [-0.39, 0.29) is 5.92 Å². The Morgan fingerprint density at radius 3 is 2.89 bits per heavy atom. The molecular formula is C15H19NO2. The van der Waals surface area contributed by atoms with Crippen molar-refractivity contribution in [2.24, 2.45) is 11.8 Å². The first-order chi connectivity index (χ1) is 8.70. The number of benzene rings is 1. The molecule has 1 aromatic carbocycles. The summed E-state index contributed by atoms with van der Waals surface area (Å²) in [4.78, 5) is 14.4. The van der Waals surface area contributed by atoms with Crippen molar-refractivity contribution in [2.75, 3.05) is 18.6 Å². The number of carbonyl (C=O) groups is 1. The number of methoxy groups -OCH3 is 1. The molecule has 0 spiro atoms. The van der Waals surface area contributed by atoms with Crippen molar-refractivity contribution < 1.29 is 9.53 Å². The third kappa shape index (κ3) is 1.88. The largest absolute Gasteiger partial charge is 0.497 e. The molecule has 3 rings (SSSR count). The van der Waals surface area contributed by atoms with Crippen LogP contribution >= 0.6 is 0 Å². The number of ether oxygens (including phenoxy) is 1. The van der Waals surface area contributed by atoms with Gasteiger partial charge in [0.15, 0.2) is 0 Å². The molecule has 2 unspecified atom stereocenters. The van der Waals surface area contributed by atoms with Crippen LogP contribution in [0.15, 0.2) is 18.2 Å². The van der Waals surface area contributed by atoms with E-state index in [2.05, 4.69) is 13.0 Å². The molecule has 1 aliphatic carbocycles. The van der Waals surface area contributed by atoms with Crippen LogP contribution in [0.1, 0.15) is 25.3 Å². The van der Waals surface area contributed by atoms with Gasteiger partial charge in [0, 0.05) is 18.2 Å². The van der Waals surface area contributed by atoms with Gasteiger partial charge in [0.1, 0.15) is 5.75 Å². The molecule has 1 saturated carbocycles. The lowest BCUT2D eigenvalue weighted by Gasteiger charge is -2.30. The van der Waals surface area contributed by atoms with E-state index < -0.39 is 0 Å². The maximum atomic E-state index is 12.4. The Hall–Kier alpha value is -1.51. The van der Waals surface area contributed by atoms with Crippen LogP contribution in [0.25, 0.3) is 0 Å². The molecule has 1 amide bonds. The van der Waals surface area contributed by atoms with Crippen molar-refractivity contribution in [2.45, 2.75) is 26.2 Å². The van der Waals surface area contributed by atoms with E-state index >= 15 is 0 Å². The molecule has 2 aliphatic rings. The molecule has 0 aromatic heterocycles. The highest BCUT2D eigenvalue weighted by Gasteiger charge is 2.42. The molecule has 1 heterocycles. The highest BCUT2D eigenvalue weighted by molar-refractivity contribution is 5.97. The lowest BCUT2D eigenvalue weighted by atomic mass is 10.0. The maximum absolute atomic E-state index is 12.4. The van der Waals surface area contributed by atoms with Crippen molar-refractivity contribution in [1.82, 2.24) is 0 Å². The summed E-state index contributed by atoms with van der Waals surface area (Å²) < 4.78 is 5.25. The van der Waals surface area contributed by atoms with Crippen molar-refractivity contribution in [3.8, 4) is 5.75 Å². The van der Waals surface area contributed by atoms with Crippen molar-refractivity contribution in [3.05, 3.63) is 23.8 Å². The number of carbonyl (C=O) groups excluding carboxylic acids is 1. The molecule has 3 heteroatoms. The first-order valence-corrected chi connectivity index (χ1v) is 6.69. The van der Waals surface area contributed by atoms with Crippen LogP contribution in [-0.2, 0) is 11.2 Å². The Kier molecular flexibility index (Phi) is 2.77. The summed E-state index contributed by atoms with van der Waals surface area (Å²) in [5.74, 6) is 2.02. The van der Waals surface area contributed by atoms with E-state index in [1.165, 1.54) is 5.56 Å². The summed E-state index contributed by atoms with van der Waals surface area (Å²) in [7, 11) is 1.68. The molecule has 1 aromatic rings. The second kappa shape index (κ2) is 4.30. The second-order valence-corrected chi connectivity index (χ2v) is 5.41. The Bertz CT molecular complexity index is 483. The standard InChI is InChI=1S/C15H19NO2/c1-10-8-13(10)15(17)16-7-3-4-11-9-12(18-2)5-6-14(11)16/h5-6,9-10,13H,3-4,7-8H2,1-2H3. The first-order valence-electron chi connectivity index (χ1n) is 6.69. The smallest absolute Gasteiger partial charge is 0.230 e. The minimum atomic E-state index is 0.262. The molecule has 3 nitrogen and oxygen atoms in total. The molecular weight excluding hydrogens is 226 g/mol. The van der Waals surface area contributed by atoms with Crippen molar-refractivity contribution in [1.29, 1.82) is 0 Å². The van der Waals surface area contributed by atoms with Crippen LogP contribution in [0.2, 0.25) is 0 Å². The number of hydrogen-bond donors (Lipinski definition) is 0. The molecule has 2 atom stereocenters. The van der Waals surface area contributed by atoms with E-state index in [1.807, 2.05) is 17.0 Å². The fourth-order valence-electron chi connectivity index (χ4n) is 2.80. The Labute approximate surface area is 108 Å². The first kappa shape index (κ1) is 11.6. The van der Waals surface area contributed by atoms with E-state index in [0.717, 1.165) is 37.2 Å². The molecule has 0 N–H and O–H groups in total. The number of anilines is 1. The number of aryl methyl sites for hydroxylation is 1.